The normalized spacial score (nSPS) is 16.5. The van der Waals surface area contributed by atoms with Crippen molar-refractivity contribution < 1.29 is 9.90 Å². The Morgan fingerprint density at radius 1 is 1.32 bits per heavy atom. The summed E-state index contributed by atoms with van der Waals surface area (Å²) < 4.78 is 0. The van der Waals surface area contributed by atoms with Gasteiger partial charge in [0.2, 0.25) is 5.91 Å². The standard InChI is InChI=1S/C13H16Cl2N2O2/c1-8(18)17-4-2-9(3-5-17)16-10-6-11(14)13(19)12(15)7-10/h6-7,9,16,19H,2-5H2,1H3. The highest BCUT2D eigenvalue weighted by atomic mass is 35.5. The minimum atomic E-state index is -0.0970. The second-order valence-electron chi connectivity index (χ2n) is 4.71. The van der Waals surface area contributed by atoms with Crippen molar-refractivity contribution >= 4 is 34.8 Å². The van der Waals surface area contributed by atoms with Crippen LogP contribution in [0.1, 0.15) is 19.8 Å². The Kier molecular flexibility index (Phi) is 4.42. The van der Waals surface area contributed by atoms with Crippen LogP contribution in [0.5, 0.6) is 5.75 Å². The lowest BCUT2D eigenvalue weighted by molar-refractivity contribution is -0.129. The average molecular weight is 303 g/mol. The fourth-order valence-electron chi connectivity index (χ4n) is 2.22. The summed E-state index contributed by atoms with van der Waals surface area (Å²) in [7, 11) is 0. The monoisotopic (exact) mass is 302 g/mol. The Balaban J connectivity index is 1.98. The zero-order valence-corrected chi connectivity index (χ0v) is 12.1. The number of piperidine rings is 1. The smallest absolute Gasteiger partial charge is 0.219 e. The van der Waals surface area contributed by atoms with Crippen molar-refractivity contribution in [2.75, 3.05) is 18.4 Å². The van der Waals surface area contributed by atoms with Crippen LogP contribution in [0, 0.1) is 0 Å². The van der Waals surface area contributed by atoms with Crippen molar-refractivity contribution in [2.24, 2.45) is 0 Å². The molecular formula is C13H16Cl2N2O2. The van der Waals surface area contributed by atoms with E-state index in [-0.39, 0.29) is 27.7 Å². The Morgan fingerprint density at radius 2 is 1.84 bits per heavy atom. The van der Waals surface area contributed by atoms with E-state index in [9.17, 15) is 9.90 Å². The van der Waals surface area contributed by atoms with E-state index in [1.165, 1.54) is 0 Å². The lowest BCUT2D eigenvalue weighted by atomic mass is 10.0. The molecule has 1 saturated heterocycles. The number of carbonyl (C=O) groups is 1. The highest BCUT2D eigenvalue weighted by molar-refractivity contribution is 6.37. The molecule has 6 heteroatoms. The fraction of sp³-hybridized carbons (Fsp3) is 0.462. The Hall–Kier alpha value is -1.13. The van der Waals surface area contributed by atoms with Crippen LogP contribution in [0.3, 0.4) is 0 Å². The van der Waals surface area contributed by atoms with E-state index in [0.717, 1.165) is 31.6 Å². The zero-order chi connectivity index (χ0) is 14.0. The van der Waals surface area contributed by atoms with Gasteiger partial charge in [0, 0.05) is 31.7 Å². The zero-order valence-electron chi connectivity index (χ0n) is 10.6. The number of anilines is 1. The van der Waals surface area contributed by atoms with E-state index >= 15 is 0 Å². The summed E-state index contributed by atoms with van der Waals surface area (Å²) in [6.45, 7) is 3.10. The second kappa shape index (κ2) is 5.88. The SMILES string of the molecule is CC(=O)N1CCC(Nc2cc(Cl)c(O)c(Cl)c2)CC1. The number of rotatable bonds is 2. The summed E-state index contributed by atoms with van der Waals surface area (Å²) in [5, 5.41) is 13.3. The maximum atomic E-state index is 11.2. The van der Waals surface area contributed by atoms with Gasteiger partial charge in [-0.2, -0.15) is 0 Å². The Labute approximate surface area is 122 Å². The highest BCUT2D eigenvalue weighted by Crippen LogP contribution is 2.35. The highest BCUT2D eigenvalue weighted by Gasteiger charge is 2.20. The van der Waals surface area contributed by atoms with E-state index in [2.05, 4.69) is 5.32 Å². The van der Waals surface area contributed by atoms with Gasteiger partial charge in [0.15, 0.2) is 5.75 Å². The van der Waals surface area contributed by atoms with Gasteiger partial charge in [0.05, 0.1) is 10.0 Å². The molecule has 0 unspecified atom stereocenters. The largest absolute Gasteiger partial charge is 0.505 e. The van der Waals surface area contributed by atoms with Gasteiger partial charge in [-0.1, -0.05) is 23.2 Å². The van der Waals surface area contributed by atoms with E-state index in [1.807, 2.05) is 4.90 Å². The molecule has 1 aromatic carbocycles. The van der Waals surface area contributed by atoms with E-state index in [0.29, 0.717) is 0 Å². The first-order valence-electron chi connectivity index (χ1n) is 6.17. The van der Waals surface area contributed by atoms with Gasteiger partial charge in [-0.25, -0.2) is 0 Å². The first-order valence-corrected chi connectivity index (χ1v) is 6.93. The number of benzene rings is 1. The summed E-state index contributed by atoms with van der Waals surface area (Å²) in [5.74, 6) is 0.0226. The van der Waals surface area contributed by atoms with Gasteiger partial charge in [-0.3, -0.25) is 4.79 Å². The van der Waals surface area contributed by atoms with Crippen LogP contribution in [0.15, 0.2) is 12.1 Å². The number of nitrogens with zero attached hydrogens (tertiary/aromatic N) is 1. The summed E-state index contributed by atoms with van der Waals surface area (Å²) in [5.41, 5.74) is 0.786. The third kappa shape index (κ3) is 3.45. The van der Waals surface area contributed by atoms with Gasteiger partial charge >= 0.3 is 0 Å². The van der Waals surface area contributed by atoms with Crippen molar-refractivity contribution in [1.82, 2.24) is 4.90 Å². The minimum absolute atomic E-state index is 0.0970. The Bertz CT molecular complexity index is 463. The number of hydrogen-bond acceptors (Lipinski definition) is 3. The van der Waals surface area contributed by atoms with Crippen LogP contribution in [-0.2, 0) is 4.79 Å². The number of likely N-dealkylation sites (tertiary alicyclic amines) is 1. The van der Waals surface area contributed by atoms with Gasteiger partial charge in [0.1, 0.15) is 0 Å². The third-order valence-electron chi connectivity index (χ3n) is 3.33. The maximum Gasteiger partial charge on any atom is 0.219 e. The van der Waals surface area contributed by atoms with Crippen molar-refractivity contribution in [1.29, 1.82) is 0 Å². The number of amides is 1. The second-order valence-corrected chi connectivity index (χ2v) is 5.53. The topological polar surface area (TPSA) is 52.6 Å². The number of halogens is 2. The number of phenolic OH excluding ortho intramolecular Hbond substituents is 1. The van der Waals surface area contributed by atoms with Crippen LogP contribution in [0.25, 0.3) is 0 Å². The van der Waals surface area contributed by atoms with Gasteiger partial charge in [-0.05, 0) is 25.0 Å². The van der Waals surface area contributed by atoms with Crippen LogP contribution in [-0.4, -0.2) is 35.0 Å². The van der Waals surface area contributed by atoms with E-state index in [4.69, 9.17) is 23.2 Å². The van der Waals surface area contributed by atoms with Crippen molar-refractivity contribution in [3.63, 3.8) is 0 Å². The predicted octanol–water partition coefficient (Wildman–Crippen LogP) is 3.12. The molecule has 1 aliphatic heterocycles. The summed E-state index contributed by atoms with van der Waals surface area (Å²) in [6.07, 6.45) is 1.77. The molecule has 0 bridgehead atoms. The maximum absolute atomic E-state index is 11.2. The van der Waals surface area contributed by atoms with Gasteiger partial charge in [-0.15, -0.1) is 0 Å². The van der Waals surface area contributed by atoms with Crippen LogP contribution < -0.4 is 5.32 Å². The molecule has 1 heterocycles. The lowest BCUT2D eigenvalue weighted by Crippen LogP contribution is -2.41. The molecule has 0 atom stereocenters. The van der Waals surface area contributed by atoms with Crippen LogP contribution in [0.4, 0.5) is 5.69 Å². The van der Waals surface area contributed by atoms with Crippen molar-refractivity contribution in [3.8, 4) is 5.75 Å². The number of nitrogens with one attached hydrogen (secondary N) is 1. The molecule has 2 rings (SSSR count). The quantitative estimate of drug-likeness (QED) is 0.825. The molecule has 0 aromatic heterocycles. The van der Waals surface area contributed by atoms with Gasteiger partial charge < -0.3 is 15.3 Å². The fourth-order valence-corrected chi connectivity index (χ4v) is 2.71. The molecule has 104 valence electrons. The first kappa shape index (κ1) is 14.3. The molecular weight excluding hydrogens is 287 g/mol. The van der Waals surface area contributed by atoms with E-state index in [1.54, 1.807) is 19.1 Å². The average Bonchev–Trinajstić information content (AvgIpc) is 2.36. The van der Waals surface area contributed by atoms with Gasteiger partial charge in [0.25, 0.3) is 0 Å². The van der Waals surface area contributed by atoms with E-state index < -0.39 is 0 Å². The van der Waals surface area contributed by atoms with Crippen LogP contribution >= 0.6 is 23.2 Å². The molecule has 1 aromatic rings. The molecule has 2 N–H and O–H groups in total. The molecule has 1 fully saturated rings. The molecule has 0 saturated carbocycles. The predicted molar refractivity (Wildman–Crippen MR) is 77.0 cm³/mol. The lowest BCUT2D eigenvalue weighted by Gasteiger charge is -2.32. The molecule has 4 nitrogen and oxygen atoms in total. The number of hydrogen-bond donors (Lipinski definition) is 2. The number of carbonyl (C=O) groups excluding carboxylic acids is 1. The van der Waals surface area contributed by atoms with Crippen LogP contribution in [0.2, 0.25) is 10.0 Å². The number of phenols is 1. The molecule has 0 aliphatic carbocycles. The van der Waals surface area contributed by atoms with Crippen molar-refractivity contribution in [2.45, 2.75) is 25.8 Å². The van der Waals surface area contributed by atoms with Crippen molar-refractivity contribution in [3.05, 3.63) is 22.2 Å². The molecule has 0 radical (unpaired) electrons. The molecule has 0 spiro atoms. The first-order chi connectivity index (χ1) is 8.97. The third-order valence-corrected chi connectivity index (χ3v) is 3.90. The number of aromatic hydroxyl groups is 1. The molecule has 1 aliphatic rings. The summed E-state index contributed by atoms with van der Waals surface area (Å²) in [6, 6.07) is 3.59. The summed E-state index contributed by atoms with van der Waals surface area (Å²) >= 11 is 11.7. The Morgan fingerprint density at radius 3 is 2.32 bits per heavy atom. The molecule has 19 heavy (non-hydrogen) atoms. The minimum Gasteiger partial charge on any atom is -0.505 e. The molecule has 1 amide bonds. The summed E-state index contributed by atoms with van der Waals surface area (Å²) in [4.78, 5) is 13.1.